The van der Waals surface area contributed by atoms with Crippen LogP contribution in [0.2, 0.25) is 0 Å². The predicted molar refractivity (Wildman–Crippen MR) is 75.3 cm³/mol. The Hall–Kier alpha value is -1.27. The van der Waals surface area contributed by atoms with Crippen molar-refractivity contribution in [1.29, 1.82) is 0 Å². The van der Waals surface area contributed by atoms with E-state index in [4.69, 9.17) is 4.74 Å². The lowest BCUT2D eigenvalue weighted by molar-refractivity contribution is 0.372. The molecule has 0 unspecified atom stereocenters. The lowest BCUT2D eigenvalue weighted by Crippen LogP contribution is -2.41. The van der Waals surface area contributed by atoms with Crippen molar-refractivity contribution < 1.29 is 18.3 Å². The van der Waals surface area contributed by atoms with Gasteiger partial charge in [-0.3, -0.25) is 0 Å². The topological polar surface area (TPSA) is 75.6 Å². The van der Waals surface area contributed by atoms with Crippen LogP contribution in [0.25, 0.3) is 0 Å². The van der Waals surface area contributed by atoms with Crippen molar-refractivity contribution in [2.24, 2.45) is 0 Å². The summed E-state index contributed by atoms with van der Waals surface area (Å²) in [6.45, 7) is 4.24. The van der Waals surface area contributed by atoms with Crippen LogP contribution >= 0.6 is 0 Å². The molecule has 1 aromatic rings. The maximum absolute atomic E-state index is 11.5. The predicted octanol–water partition coefficient (Wildman–Crippen LogP) is 1.31. The highest BCUT2D eigenvalue weighted by atomic mass is 32.2. The van der Waals surface area contributed by atoms with Gasteiger partial charge in [0, 0.05) is 19.3 Å². The molecule has 1 aromatic carbocycles. The van der Waals surface area contributed by atoms with Gasteiger partial charge in [-0.1, -0.05) is 6.07 Å². The van der Waals surface area contributed by atoms with E-state index in [1.54, 1.807) is 32.0 Å². The average molecular weight is 287 g/mol. The summed E-state index contributed by atoms with van der Waals surface area (Å²) in [6, 6.07) is 5.03. The second-order valence-electron chi connectivity index (χ2n) is 5.14. The maximum Gasteiger partial charge on any atom is 0.160 e. The second-order valence-corrected chi connectivity index (χ2v) is 7.79. The molecule has 0 amide bonds. The number of benzene rings is 1. The SMILES string of the molecule is COc1cc(CNCC(C)(C)S(C)(=O)=O)ccc1O. The number of nitrogens with one attached hydrogen (secondary N) is 1. The highest BCUT2D eigenvalue weighted by molar-refractivity contribution is 7.92. The first-order chi connectivity index (χ1) is 8.67. The normalized spacial score (nSPS) is 12.4. The summed E-state index contributed by atoms with van der Waals surface area (Å²) in [4.78, 5) is 0. The van der Waals surface area contributed by atoms with Gasteiger partial charge in [0.2, 0.25) is 0 Å². The molecule has 6 heteroatoms. The van der Waals surface area contributed by atoms with E-state index in [1.165, 1.54) is 13.4 Å². The molecule has 0 spiro atoms. The van der Waals surface area contributed by atoms with Gasteiger partial charge in [0.25, 0.3) is 0 Å². The number of rotatable bonds is 6. The fourth-order valence-corrected chi connectivity index (χ4v) is 1.84. The minimum Gasteiger partial charge on any atom is -0.504 e. The van der Waals surface area contributed by atoms with Gasteiger partial charge in [0.15, 0.2) is 21.3 Å². The lowest BCUT2D eigenvalue weighted by Gasteiger charge is -2.22. The van der Waals surface area contributed by atoms with Gasteiger partial charge >= 0.3 is 0 Å². The van der Waals surface area contributed by atoms with Crippen LogP contribution in [0, 0.1) is 0 Å². The molecule has 2 N–H and O–H groups in total. The number of phenols is 1. The molecule has 1 rings (SSSR count). The van der Waals surface area contributed by atoms with E-state index >= 15 is 0 Å². The molecule has 108 valence electrons. The second kappa shape index (κ2) is 5.79. The Bertz CT molecular complexity index is 538. The molecule has 0 fully saturated rings. The molecule has 0 saturated heterocycles. The van der Waals surface area contributed by atoms with Crippen LogP contribution in [-0.4, -0.2) is 38.2 Å². The van der Waals surface area contributed by atoms with Crippen LogP contribution in [0.1, 0.15) is 19.4 Å². The first-order valence-electron chi connectivity index (χ1n) is 5.93. The van der Waals surface area contributed by atoms with Crippen molar-refractivity contribution >= 4 is 9.84 Å². The number of methoxy groups -OCH3 is 1. The minimum atomic E-state index is -3.10. The maximum atomic E-state index is 11.5. The van der Waals surface area contributed by atoms with Crippen LogP contribution in [0.5, 0.6) is 11.5 Å². The molecule has 0 bridgehead atoms. The first kappa shape index (κ1) is 15.8. The van der Waals surface area contributed by atoms with Crippen LogP contribution in [0.15, 0.2) is 18.2 Å². The van der Waals surface area contributed by atoms with Gasteiger partial charge in [0.05, 0.1) is 11.9 Å². The molecule has 0 heterocycles. The third kappa shape index (κ3) is 4.11. The van der Waals surface area contributed by atoms with E-state index in [0.29, 0.717) is 18.8 Å². The van der Waals surface area contributed by atoms with Gasteiger partial charge in [0.1, 0.15) is 0 Å². The Morgan fingerprint density at radius 2 is 2.00 bits per heavy atom. The Morgan fingerprint density at radius 3 is 2.53 bits per heavy atom. The van der Waals surface area contributed by atoms with E-state index in [1.807, 2.05) is 0 Å². The van der Waals surface area contributed by atoms with Crippen molar-refractivity contribution in [3.05, 3.63) is 23.8 Å². The van der Waals surface area contributed by atoms with Gasteiger partial charge in [-0.15, -0.1) is 0 Å². The summed E-state index contributed by atoms with van der Waals surface area (Å²) in [7, 11) is -1.62. The highest BCUT2D eigenvalue weighted by Crippen LogP contribution is 2.26. The van der Waals surface area contributed by atoms with Gasteiger partial charge in [-0.2, -0.15) is 0 Å². The number of ether oxygens (including phenoxy) is 1. The fourth-order valence-electron chi connectivity index (χ4n) is 1.47. The number of aromatic hydroxyl groups is 1. The molecular weight excluding hydrogens is 266 g/mol. The largest absolute Gasteiger partial charge is 0.504 e. The highest BCUT2D eigenvalue weighted by Gasteiger charge is 2.29. The molecule has 0 saturated carbocycles. The zero-order valence-corrected chi connectivity index (χ0v) is 12.5. The van der Waals surface area contributed by atoms with Crippen molar-refractivity contribution in [3.8, 4) is 11.5 Å². The first-order valence-corrected chi connectivity index (χ1v) is 7.83. The van der Waals surface area contributed by atoms with Crippen molar-refractivity contribution in [2.45, 2.75) is 25.1 Å². The molecule has 0 atom stereocenters. The molecule has 0 aromatic heterocycles. The van der Waals surface area contributed by atoms with Crippen LogP contribution in [0.3, 0.4) is 0 Å². The molecular formula is C13H21NO4S. The molecule has 0 aliphatic rings. The van der Waals surface area contributed by atoms with Gasteiger partial charge < -0.3 is 15.2 Å². The van der Waals surface area contributed by atoms with Crippen LogP contribution in [-0.2, 0) is 16.4 Å². The number of sulfone groups is 1. The Labute approximate surface area is 114 Å². The molecule has 0 aliphatic carbocycles. The minimum absolute atomic E-state index is 0.0858. The van der Waals surface area contributed by atoms with Crippen LogP contribution in [0.4, 0.5) is 0 Å². The van der Waals surface area contributed by atoms with Gasteiger partial charge in [-0.25, -0.2) is 8.42 Å². The molecule has 0 aliphatic heterocycles. The number of phenolic OH excluding ortho intramolecular Hbond substituents is 1. The summed E-state index contributed by atoms with van der Waals surface area (Å²) in [5, 5.41) is 12.6. The summed E-state index contributed by atoms with van der Waals surface area (Å²) in [5.41, 5.74) is 0.916. The summed E-state index contributed by atoms with van der Waals surface area (Å²) < 4.78 is 27.3. The number of hydrogen-bond acceptors (Lipinski definition) is 5. The Morgan fingerprint density at radius 1 is 1.37 bits per heavy atom. The zero-order valence-electron chi connectivity index (χ0n) is 11.7. The Kier molecular flexibility index (Phi) is 4.81. The van der Waals surface area contributed by atoms with E-state index in [0.717, 1.165) is 5.56 Å². The van der Waals surface area contributed by atoms with Crippen molar-refractivity contribution in [3.63, 3.8) is 0 Å². The third-order valence-electron chi connectivity index (χ3n) is 3.13. The van der Waals surface area contributed by atoms with Crippen LogP contribution < -0.4 is 10.1 Å². The Balaban J connectivity index is 2.64. The quantitative estimate of drug-likeness (QED) is 0.825. The molecule has 0 radical (unpaired) electrons. The summed E-state index contributed by atoms with van der Waals surface area (Å²) in [5.74, 6) is 0.490. The standard InChI is InChI=1S/C13H21NO4S/c1-13(2,19(4,16)17)9-14-8-10-5-6-11(15)12(7-10)18-3/h5-7,14-15H,8-9H2,1-4H3. The van der Waals surface area contributed by atoms with Crippen molar-refractivity contribution in [1.82, 2.24) is 5.32 Å². The van der Waals surface area contributed by atoms with E-state index in [2.05, 4.69) is 5.32 Å². The number of hydrogen-bond donors (Lipinski definition) is 2. The average Bonchev–Trinajstić information content (AvgIpc) is 2.29. The fraction of sp³-hybridized carbons (Fsp3) is 0.538. The zero-order chi connectivity index (χ0) is 14.7. The van der Waals surface area contributed by atoms with E-state index < -0.39 is 14.6 Å². The molecule has 19 heavy (non-hydrogen) atoms. The van der Waals surface area contributed by atoms with E-state index in [-0.39, 0.29) is 5.75 Å². The molecule has 5 nitrogen and oxygen atoms in total. The van der Waals surface area contributed by atoms with Crippen molar-refractivity contribution in [2.75, 3.05) is 19.9 Å². The van der Waals surface area contributed by atoms with Gasteiger partial charge in [-0.05, 0) is 31.5 Å². The summed E-state index contributed by atoms with van der Waals surface area (Å²) in [6.07, 6.45) is 1.23. The monoisotopic (exact) mass is 287 g/mol. The smallest absolute Gasteiger partial charge is 0.160 e. The summed E-state index contributed by atoms with van der Waals surface area (Å²) >= 11 is 0. The lowest BCUT2D eigenvalue weighted by atomic mass is 10.1. The third-order valence-corrected chi connectivity index (χ3v) is 5.28. The van der Waals surface area contributed by atoms with E-state index in [9.17, 15) is 13.5 Å².